The Balaban J connectivity index is 2.80. The van der Waals surface area contributed by atoms with Gasteiger partial charge in [0.05, 0.1) is 24.2 Å². The lowest BCUT2D eigenvalue weighted by Crippen LogP contribution is -2.24. The van der Waals surface area contributed by atoms with Crippen LogP contribution in [0.4, 0.5) is 11.4 Å². The van der Waals surface area contributed by atoms with Crippen LogP contribution in [0, 0.1) is 10.1 Å². The summed E-state index contributed by atoms with van der Waals surface area (Å²) in [6.07, 6.45) is -0.757. The molecule has 0 aliphatic carbocycles. The number of aliphatic hydroxyl groups excluding tert-OH is 2. The van der Waals surface area contributed by atoms with Gasteiger partial charge in [-0.05, 0) is 17.7 Å². The zero-order chi connectivity index (χ0) is 13.5. The third kappa shape index (κ3) is 3.95. The van der Waals surface area contributed by atoms with Crippen molar-refractivity contribution in [3.8, 4) is 0 Å². The standard InChI is InChI=1S/C11H16N2O5/c1-18-7-9(15)5-12-10-4-8(6-14)2-3-11(10)13(16)17/h2-4,9,12,14-15H,5-7H2,1H3. The van der Waals surface area contributed by atoms with Crippen molar-refractivity contribution in [3.05, 3.63) is 33.9 Å². The summed E-state index contributed by atoms with van der Waals surface area (Å²) >= 11 is 0. The average molecular weight is 256 g/mol. The molecule has 7 nitrogen and oxygen atoms in total. The second-order valence-corrected chi connectivity index (χ2v) is 3.76. The number of aliphatic hydroxyl groups is 2. The Hall–Kier alpha value is -1.70. The lowest BCUT2D eigenvalue weighted by atomic mass is 10.1. The maximum atomic E-state index is 10.8. The maximum Gasteiger partial charge on any atom is 0.292 e. The summed E-state index contributed by atoms with van der Waals surface area (Å²) in [6, 6.07) is 4.28. The largest absolute Gasteiger partial charge is 0.392 e. The van der Waals surface area contributed by atoms with E-state index in [-0.39, 0.29) is 31.1 Å². The van der Waals surface area contributed by atoms with E-state index in [9.17, 15) is 15.2 Å². The average Bonchev–Trinajstić information content (AvgIpc) is 2.36. The van der Waals surface area contributed by atoms with Gasteiger partial charge in [0.2, 0.25) is 0 Å². The van der Waals surface area contributed by atoms with Gasteiger partial charge in [0.15, 0.2) is 0 Å². The molecule has 0 bridgehead atoms. The lowest BCUT2D eigenvalue weighted by Gasteiger charge is -2.12. The van der Waals surface area contributed by atoms with Crippen molar-refractivity contribution < 1.29 is 19.9 Å². The Labute approximate surface area is 104 Å². The minimum atomic E-state index is -0.757. The fourth-order valence-electron chi connectivity index (χ4n) is 1.46. The van der Waals surface area contributed by atoms with Gasteiger partial charge in [-0.1, -0.05) is 0 Å². The summed E-state index contributed by atoms with van der Waals surface area (Å²) in [5, 5.41) is 32.0. The topological polar surface area (TPSA) is 105 Å². The molecule has 7 heteroatoms. The number of ether oxygens (including phenoxy) is 1. The van der Waals surface area contributed by atoms with E-state index in [0.29, 0.717) is 5.56 Å². The van der Waals surface area contributed by atoms with E-state index in [1.807, 2.05) is 0 Å². The van der Waals surface area contributed by atoms with Crippen LogP contribution in [0.5, 0.6) is 0 Å². The molecule has 0 spiro atoms. The molecular weight excluding hydrogens is 240 g/mol. The molecule has 18 heavy (non-hydrogen) atoms. The van der Waals surface area contributed by atoms with E-state index in [0.717, 1.165) is 0 Å². The highest BCUT2D eigenvalue weighted by Gasteiger charge is 2.14. The summed E-state index contributed by atoms with van der Waals surface area (Å²) in [5.74, 6) is 0. The van der Waals surface area contributed by atoms with Crippen molar-refractivity contribution in [3.63, 3.8) is 0 Å². The number of nitro groups is 1. The van der Waals surface area contributed by atoms with E-state index in [4.69, 9.17) is 9.84 Å². The van der Waals surface area contributed by atoms with Crippen LogP contribution in [0.3, 0.4) is 0 Å². The van der Waals surface area contributed by atoms with Crippen LogP contribution in [0.25, 0.3) is 0 Å². The van der Waals surface area contributed by atoms with E-state index in [2.05, 4.69) is 5.32 Å². The van der Waals surface area contributed by atoms with E-state index < -0.39 is 11.0 Å². The summed E-state index contributed by atoms with van der Waals surface area (Å²) in [7, 11) is 1.46. The molecule has 0 saturated carbocycles. The number of rotatable bonds is 7. The van der Waals surface area contributed by atoms with Crippen LogP contribution >= 0.6 is 0 Å². The highest BCUT2D eigenvalue weighted by molar-refractivity contribution is 5.62. The summed E-state index contributed by atoms with van der Waals surface area (Å²) < 4.78 is 4.75. The van der Waals surface area contributed by atoms with Crippen molar-refractivity contribution in [2.24, 2.45) is 0 Å². The van der Waals surface area contributed by atoms with Gasteiger partial charge < -0.3 is 20.3 Å². The third-order valence-corrected chi connectivity index (χ3v) is 2.33. The minimum absolute atomic E-state index is 0.100. The summed E-state index contributed by atoms with van der Waals surface area (Å²) in [5.41, 5.74) is 0.725. The fraction of sp³-hybridized carbons (Fsp3) is 0.455. The Bertz CT molecular complexity index is 410. The maximum absolute atomic E-state index is 10.8. The highest BCUT2D eigenvalue weighted by atomic mass is 16.6. The zero-order valence-electron chi connectivity index (χ0n) is 10.00. The smallest absolute Gasteiger partial charge is 0.292 e. The normalized spacial score (nSPS) is 12.2. The van der Waals surface area contributed by atoms with Crippen LogP contribution < -0.4 is 5.32 Å². The van der Waals surface area contributed by atoms with Gasteiger partial charge in [0.1, 0.15) is 5.69 Å². The second-order valence-electron chi connectivity index (χ2n) is 3.76. The predicted molar refractivity (Wildman–Crippen MR) is 65.4 cm³/mol. The monoisotopic (exact) mass is 256 g/mol. The molecule has 100 valence electrons. The first-order valence-corrected chi connectivity index (χ1v) is 5.37. The first kappa shape index (κ1) is 14.4. The number of anilines is 1. The van der Waals surface area contributed by atoms with Crippen molar-refractivity contribution in [1.29, 1.82) is 0 Å². The molecule has 0 heterocycles. The number of hydrogen-bond donors (Lipinski definition) is 3. The van der Waals surface area contributed by atoms with Crippen molar-refractivity contribution in [1.82, 2.24) is 0 Å². The van der Waals surface area contributed by atoms with E-state index >= 15 is 0 Å². The quantitative estimate of drug-likeness (QED) is 0.485. The molecule has 0 saturated heterocycles. The van der Waals surface area contributed by atoms with Crippen molar-refractivity contribution >= 4 is 11.4 Å². The number of hydrogen-bond acceptors (Lipinski definition) is 6. The Kier molecular flexibility index (Phi) is 5.50. The van der Waals surface area contributed by atoms with Crippen LogP contribution in [-0.2, 0) is 11.3 Å². The molecule has 1 unspecified atom stereocenters. The first-order valence-electron chi connectivity index (χ1n) is 5.37. The molecule has 0 radical (unpaired) electrons. The number of nitro benzene ring substituents is 1. The van der Waals surface area contributed by atoms with Gasteiger partial charge >= 0.3 is 0 Å². The van der Waals surface area contributed by atoms with Gasteiger partial charge in [-0.2, -0.15) is 0 Å². The number of benzene rings is 1. The van der Waals surface area contributed by atoms with Crippen LogP contribution in [0.15, 0.2) is 18.2 Å². The summed E-state index contributed by atoms with van der Waals surface area (Å²) in [4.78, 5) is 10.3. The van der Waals surface area contributed by atoms with Gasteiger partial charge in [0.25, 0.3) is 5.69 Å². The molecule has 1 aromatic rings. The van der Waals surface area contributed by atoms with Crippen LogP contribution in [-0.4, -0.2) is 41.5 Å². The fourth-order valence-corrected chi connectivity index (χ4v) is 1.46. The van der Waals surface area contributed by atoms with Crippen LogP contribution in [0.2, 0.25) is 0 Å². The molecule has 0 amide bonds. The van der Waals surface area contributed by atoms with Gasteiger partial charge in [-0.25, -0.2) is 0 Å². The molecule has 1 aromatic carbocycles. The van der Waals surface area contributed by atoms with E-state index in [1.165, 1.54) is 25.3 Å². The SMILES string of the molecule is COCC(O)CNc1cc(CO)ccc1[N+](=O)[O-]. The Morgan fingerprint density at radius 1 is 1.56 bits per heavy atom. The number of nitrogens with one attached hydrogen (secondary N) is 1. The molecule has 1 rings (SSSR count). The second kappa shape index (κ2) is 6.90. The van der Waals surface area contributed by atoms with E-state index in [1.54, 1.807) is 0 Å². The number of methoxy groups -OCH3 is 1. The van der Waals surface area contributed by atoms with Crippen molar-refractivity contribution in [2.75, 3.05) is 25.6 Å². The highest BCUT2D eigenvalue weighted by Crippen LogP contribution is 2.25. The predicted octanol–water partition coefficient (Wildman–Crippen LogP) is 0.506. The Morgan fingerprint density at radius 2 is 2.28 bits per heavy atom. The lowest BCUT2D eigenvalue weighted by molar-refractivity contribution is -0.384. The summed E-state index contributed by atoms with van der Waals surface area (Å²) in [6.45, 7) is 0.0668. The first-order chi connectivity index (χ1) is 8.58. The molecule has 0 aliphatic heterocycles. The zero-order valence-corrected chi connectivity index (χ0v) is 10.00. The third-order valence-electron chi connectivity index (χ3n) is 2.33. The molecular formula is C11H16N2O5. The Morgan fingerprint density at radius 3 is 2.83 bits per heavy atom. The minimum Gasteiger partial charge on any atom is -0.392 e. The van der Waals surface area contributed by atoms with Crippen molar-refractivity contribution in [2.45, 2.75) is 12.7 Å². The molecule has 3 N–H and O–H groups in total. The molecule has 0 aliphatic rings. The molecule has 0 fully saturated rings. The molecule has 0 aromatic heterocycles. The van der Waals surface area contributed by atoms with Gasteiger partial charge in [-0.15, -0.1) is 0 Å². The number of nitrogens with zero attached hydrogens (tertiary/aromatic N) is 1. The molecule has 1 atom stereocenters. The van der Waals surface area contributed by atoms with Gasteiger partial charge in [0, 0.05) is 19.7 Å². The van der Waals surface area contributed by atoms with Gasteiger partial charge in [-0.3, -0.25) is 10.1 Å². The van der Waals surface area contributed by atoms with Crippen LogP contribution in [0.1, 0.15) is 5.56 Å².